The Morgan fingerprint density at radius 3 is 3.06 bits per heavy atom. The van der Waals surface area contributed by atoms with Gasteiger partial charge in [0, 0.05) is 22.5 Å². The third-order valence-electron chi connectivity index (χ3n) is 3.30. The third-order valence-corrected chi connectivity index (χ3v) is 4.62. The molecule has 1 amide bonds. The fourth-order valence-electron chi connectivity index (χ4n) is 2.44. The monoisotopic (exact) mass is 264 g/mol. The van der Waals surface area contributed by atoms with Crippen molar-refractivity contribution in [1.82, 2.24) is 5.32 Å². The largest absolute Gasteiger partial charge is 0.399 e. The summed E-state index contributed by atoms with van der Waals surface area (Å²) in [5, 5.41) is 3.71. The molecule has 0 radical (unpaired) electrons. The van der Waals surface area contributed by atoms with Crippen molar-refractivity contribution in [1.29, 1.82) is 0 Å². The van der Waals surface area contributed by atoms with E-state index >= 15 is 0 Å². The highest BCUT2D eigenvalue weighted by atomic mass is 32.2. The van der Waals surface area contributed by atoms with Gasteiger partial charge in [0.25, 0.3) is 5.91 Å². The van der Waals surface area contributed by atoms with E-state index in [1.54, 1.807) is 12.1 Å². The summed E-state index contributed by atoms with van der Waals surface area (Å²) in [6, 6.07) is 7.46. The molecule has 1 aromatic carbocycles. The predicted molar refractivity (Wildman–Crippen MR) is 77.9 cm³/mol. The van der Waals surface area contributed by atoms with Crippen LogP contribution in [0.5, 0.6) is 0 Å². The zero-order chi connectivity index (χ0) is 13.0. The number of thioether (sulfide) groups is 1. The van der Waals surface area contributed by atoms with Crippen molar-refractivity contribution in [3.63, 3.8) is 0 Å². The van der Waals surface area contributed by atoms with E-state index in [4.69, 9.17) is 5.73 Å². The van der Waals surface area contributed by atoms with Gasteiger partial charge in [0.15, 0.2) is 0 Å². The van der Waals surface area contributed by atoms with E-state index in [0.29, 0.717) is 22.5 Å². The molecule has 4 heteroatoms. The third kappa shape index (κ3) is 3.19. The highest BCUT2D eigenvalue weighted by Gasteiger charge is 2.28. The Morgan fingerprint density at radius 2 is 2.33 bits per heavy atom. The molecule has 1 aliphatic rings. The van der Waals surface area contributed by atoms with Crippen LogP contribution in [-0.4, -0.2) is 23.0 Å². The minimum atomic E-state index is -0.00379. The lowest BCUT2D eigenvalue weighted by Gasteiger charge is -2.20. The summed E-state index contributed by atoms with van der Waals surface area (Å²) in [6.07, 6.45) is 3.51. The molecule has 1 aromatic rings. The molecule has 1 fully saturated rings. The van der Waals surface area contributed by atoms with Gasteiger partial charge in [0.05, 0.1) is 0 Å². The van der Waals surface area contributed by atoms with Crippen molar-refractivity contribution >= 4 is 23.4 Å². The van der Waals surface area contributed by atoms with Crippen LogP contribution in [0.25, 0.3) is 0 Å². The van der Waals surface area contributed by atoms with Crippen molar-refractivity contribution in [2.75, 3.05) is 11.5 Å². The van der Waals surface area contributed by atoms with Crippen LogP contribution in [0.15, 0.2) is 24.3 Å². The van der Waals surface area contributed by atoms with Crippen LogP contribution in [-0.2, 0) is 0 Å². The molecule has 0 aliphatic heterocycles. The van der Waals surface area contributed by atoms with E-state index in [-0.39, 0.29) is 5.91 Å². The van der Waals surface area contributed by atoms with Crippen LogP contribution >= 0.6 is 11.8 Å². The van der Waals surface area contributed by atoms with Crippen LogP contribution in [0, 0.1) is 0 Å². The van der Waals surface area contributed by atoms with E-state index in [2.05, 4.69) is 12.2 Å². The molecule has 0 spiro atoms. The van der Waals surface area contributed by atoms with Gasteiger partial charge in [0.2, 0.25) is 0 Å². The van der Waals surface area contributed by atoms with Crippen LogP contribution in [0.4, 0.5) is 5.69 Å². The predicted octanol–water partition coefficient (Wildman–Crippen LogP) is 2.67. The number of nitrogens with two attached hydrogens (primary N) is 1. The Kier molecular flexibility index (Phi) is 4.53. The van der Waals surface area contributed by atoms with Gasteiger partial charge in [-0.15, -0.1) is 0 Å². The first-order chi connectivity index (χ1) is 8.70. The summed E-state index contributed by atoms with van der Waals surface area (Å²) < 4.78 is 0. The molecule has 2 rings (SSSR count). The Bertz CT molecular complexity index is 422. The van der Waals surface area contributed by atoms with Crippen molar-refractivity contribution in [3.8, 4) is 0 Å². The number of benzene rings is 1. The Balaban J connectivity index is 1.98. The van der Waals surface area contributed by atoms with Gasteiger partial charge in [-0.05, 0) is 36.8 Å². The summed E-state index contributed by atoms with van der Waals surface area (Å²) in [4.78, 5) is 12.1. The zero-order valence-corrected chi connectivity index (χ0v) is 11.5. The number of hydrogen-bond donors (Lipinski definition) is 2. The molecule has 18 heavy (non-hydrogen) atoms. The molecule has 3 nitrogen and oxygen atoms in total. The normalized spacial score (nSPS) is 22.9. The maximum Gasteiger partial charge on any atom is 0.251 e. The molecule has 2 unspecified atom stereocenters. The van der Waals surface area contributed by atoms with Gasteiger partial charge < -0.3 is 11.1 Å². The van der Waals surface area contributed by atoms with E-state index in [9.17, 15) is 4.79 Å². The molecule has 0 saturated heterocycles. The van der Waals surface area contributed by atoms with E-state index in [1.807, 2.05) is 23.9 Å². The molecule has 0 heterocycles. The van der Waals surface area contributed by atoms with Crippen LogP contribution in [0.3, 0.4) is 0 Å². The highest BCUT2D eigenvalue weighted by Crippen LogP contribution is 2.30. The smallest absolute Gasteiger partial charge is 0.251 e. The second-order valence-electron chi connectivity index (χ2n) is 4.63. The van der Waals surface area contributed by atoms with Crippen LogP contribution < -0.4 is 11.1 Å². The quantitative estimate of drug-likeness (QED) is 0.822. The lowest BCUT2D eigenvalue weighted by atomic mass is 10.1. The molecule has 0 bridgehead atoms. The second kappa shape index (κ2) is 6.14. The van der Waals surface area contributed by atoms with Crippen LogP contribution in [0.2, 0.25) is 0 Å². The van der Waals surface area contributed by atoms with Crippen molar-refractivity contribution in [2.45, 2.75) is 37.5 Å². The first kappa shape index (κ1) is 13.3. The number of rotatable bonds is 4. The Labute approximate surface area is 113 Å². The molecule has 98 valence electrons. The first-order valence-electron chi connectivity index (χ1n) is 6.48. The highest BCUT2D eigenvalue weighted by molar-refractivity contribution is 7.99. The average molecular weight is 264 g/mol. The molecule has 0 aromatic heterocycles. The summed E-state index contributed by atoms with van der Waals surface area (Å²) in [5.74, 6) is 1.10. The second-order valence-corrected chi connectivity index (χ2v) is 6.15. The molecule has 1 aliphatic carbocycles. The molecular weight excluding hydrogens is 244 g/mol. The number of carbonyl (C=O) groups is 1. The average Bonchev–Trinajstić information content (AvgIpc) is 2.77. The summed E-state index contributed by atoms with van der Waals surface area (Å²) in [6.45, 7) is 2.17. The first-order valence-corrected chi connectivity index (χ1v) is 7.53. The van der Waals surface area contributed by atoms with Crippen LogP contribution in [0.1, 0.15) is 36.5 Å². The topological polar surface area (TPSA) is 55.1 Å². The fraction of sp³-hybridized carbons (Fsp3) is 0.500. The van der Waals surface area contributed by atoms with Crippen molar-refractivity contribution < 1.29 is 4.79 Å². The van der Waals surface area contributed by atoms with Gasteiger partial charge in [-0.2, -0.15) is 11.8 Å². The van der Waals surface area contributed by atoms with Gasteiger partial charge in [-0.3, -0.25) is 4.79 Å². The summed E-state index contributed by atoms with van der Waals surface area (Å²) in [7, 11) is 0. The van der Waals surface area contributed by atoms with E-state index in [0.717, 1.165) is 12.2 Å². The number of nitrogens with one attached hydrogen (secondary N) is 1. The van der Waals surface area contributed by atoms with Gasteiger partial charge in [-0.25, -0.2) is 0 Å². The molecular formula is C14H20N2OS. The minimum Gasteiger partial charge on any atom is -0.399 e. The summed E-state index contributed by atoms with van der Waals surface area (Å²) in [5.41, 5.74) is 6.98. The Morgan fingerprint density at radius 1 is 1.50 bits per heavy atom. The maximum atomic E-state index is 12.1. The van der Waals surface area contributed by atoms with E-state index in [1.165, 1.54) is 12.8 Å². The maximum absolute atomic E-state index is 12.1. The minimum absolute atomic E-state index is 0.00379. The standard InChI is InChI=1S/C14H20N2OS/c1-2-18-13-8-4-7-12(13)16-14(17)10-5-3-6-11(15)9-10/h3,5-6,9,12-13H,2,4,7-8,15H2,1H3,(H,16,17). The van der Waals surface area contributed by atoms with Gasteiger partial charge in [0.1, 0.15) is 0 Å². The molecule has 3 N–H and O–H groups in total. The van der Waals surface area contributed by atoms with Gasteiger partial charge >= 0.3 is 0 Å². The van der Waals surface area contributed by atoms with E-state index < -0.39 is 0 Å². The number of amides is 1. The van der Waals surface area contributed by atoms with Crippen molar-refractivity contribution in [2.24, 2.45) is 0 Å². The number of anilines is 1. The van der Waals surface area contributed by atoms with Crippen molar-refractivity contribution in [3.05, 3.63) is 29.8 Å². The zero-order valence-electron chi connectivity index (χ0n) is 10.7. The Hall–Kier alpha value is -1.16. The number of hydrogen-bond acceptors (Lipinski definition) is 3. The summed E-state index contributed by atoms with van der Waals surface area (Å²) >= 11 is 1.95. The lowest BCUT2D eigenvalue weighted by molar-refractivity contribution is 0.0938. The SMILES string of the molecule is CCSC1CCCC1NC(=O)c1cccc(N)c1. The fourth-order valence-corrected chi connectivity index (χ4v) is 3.63. The van der Waals surface area contributed by atoms with Gasteiger partial charge in [-0.1, -0.05) is 19.4 Å². The molecule has 1 saturated carbocycles. The molecule has 2 atom stereocenters. The lowest BCUT2D eigenvalue weighted by Crippen LogP contribution is -2.38. The number of nitrogen functional groups attached to an aromatic ring is 1. The number of carbonyl (C=O) groups excluding carboxylic acids is 1.